The van der Waals surface area contributed by atoms with Gasteiger partial charge in [-0.25, -0.2) is 0 Å². The van der Waals surface area contributed by atoms with E-state index in [9.17, 15) is 39.6 Å². The SMILES string of the molecule is CC1CCCC(CC(C)(C(=O)O)C(=O)O)C1CC(C)(C(=O)O)C(=O)O. The van der Waals surface area contributed by atoms with Crippen molar-refractivity contribution < 1.29 is 39.6 Å². The molecule has 0 radical (unpaired) electrons. The molecule has 0 spiro atoms. The second-order valence-electron chi connectivity index (χ2n) is 7.63. The van der Waals surface area contributed by atoms with E-state index >= 15 is 0 Å². The van der Waals surface area contributed by atoms with Crippen LogP contribution in [0.3, 0.4) is 0 Å². The van der Waals surface area contributed by atoms with E-state index in [1.165, 1.54) is 0 Å². The van der Waals surface area contributed by atoms with Gasteiger partial charge in [0, 0.05) is 0 Å². The van der Waals surface area contributed by atoms with Crippen molar-refractivity contribution in [3.05, 3.63) is 0 Å². The molecule has 4 N–H and O–H groups in total. The molecule has 8 heteroatoms. The van der Waals surface area contributed by atoms with Crippen LogP contribution in [0.4, 0.5) is 0 Å². The first kappa shape index (κ1) is 20.9. The van der Waals surface area contributed by atoms with Crippen LogP contribution in [-0.2, 0) is 19.2 Å². The summed E-state index contributed by atoms with van der Waals surface area (Å²) in [5.41, 5.74) is -3.97. The molecule has 142 valence electrons. The summed E-state index contributed by atoms with van der Waals surface area (Å²) in [7, 11) is 0. The first-order chi connectivity index (χ1) is 11.4. The van der Waals surface area contributed by atoms with Gasteiger partial charge in [0.1, 0.15) is 0 Å². The van der Waals surface area contributed by atoms with Crippen LogP contribution in [0.25, 0.3) is 0 Å². The number of carboxylic acids is 4. The molecule has 3 unspecified atom stereocenters. The second-order valence-corrected chi connectivity index (χ2v) is 7.63. The molecule has 0 saturated heterocycles. The normalized spacial score (nSPS) is 24.5. The van der Waals surface area contributed by atoms with Gasteiger partial charge in [-0.1, -0.05) is 26.2 Å². The van der Waals surface area contributed by atoms with E-state index < -0.39 is 34.7 Å². The molecule has 1 aliphatic carbocycles. The molecular formula is C17H26O8. The summed E-state index contributed by atoms with van der Waals surface area (Å²) in [6, 6.07) is 0. The summed E-state index contributed by atoms with van der Waals surface area (Å²) in [4.78, 5) is 45.9. The van der Waals surface area contributed by atoms with Crippen molar-refractivity contribution in [1.82, 2.24) is 0 Å². The Morgan fingerprint density at radius 3 is 1.60 bits per heavy atom. The highest BCUT2D eigenvalue weighted by Gasteiger charge is 2.50. The Morgan fingerprint density at radius 2 is 1.20 bits per heavy atom. The Balaban J connectivity index is 3.16. The van der Waals surface area contributed by atoms with Gasteiger partial charge in [0.2, 0.25) is 0 Å². The second kappa shape index (κ2) is 7.41. The molecule has 0 amide bonds. The molecule has 0 aliphatic heterocycles. The van der Waals surface area contributed by atoms with Gasteiger partial charge < -0.3 is 20.4 Å². The average Bonchev–Trinajstić information content (AvgIpc) is 2.49. The summed E-state index contributed by atoms with van der Waals surface area (Å²) < 4.78 is 0. The molecule has 0 aromatic rings. The summed E-state index contributed by atoms with van der Waals surface area (Å²) in [5.74, 6) is -6.54. The fourth-order valence-electron chi connectivity index (χ4n) is 3.74. The highest BCUT2D eigenvalue weighted by molar-refractivity contribution is 5.98. The monoisotopic (exact) mass is 358 g/mol. The van der Waals surface area contributed by atoms with Crippen LogP contribution in [0.1, 0.15) is 52.9 Å². The molecule has 25 heavy (non-hydrogen) atoms. The third-order valence-electron chi connectivity index (χ3n) is 5.77. The van der Waals surface area contributed by atoms with E-state index in [-0.39, 0.29) is 30.6 Å². The minimum atomic E-state index is -1.99. The zero-order chi connectivity index (χ0) is 19.6. The zero-order valence-corrected chi connectivity index (χ0v) is 14.7. The maximum atomic E-state index is 11.5. The van der Waals surface area contributed by atoms with Crippen LogP contribution in [0.15, 0.2) is 0 Å². The number of hydrogen-bond donors (Lipinski definition) is 4. The van der Waals surface area contributed by atoms with Crippen LogP contribution in [0.2, 0.25) is 0 Å². The summed E-state index contributed by atoms with van der Waals surface area (Å²) in [6.45, 7) is 4.16. The topological polar surface area (TPSA) is 149 Å². The Morgan fingerprint density at radius 1 is 0.800 bits per heavy atom. The van der Waals surface area contributed by atoms with E-state index in [4.69, 9.17) is 0 Å². The third kappa shape index (κ3) is 4.11. The standard InChI is InChI=1S/C17H26O8/c1-9-5-4-6-10(7-16(2,12(18)19)13(20)21)11(9)8-17(3,14(22)23)15(24)25/h9-11H,4-8H2,1-3H3,(H,18,19)(H,20,21)(H,22,23)(H,24,25). The molecule has 0 aromatic heterocycles. The van der Waals surface area contributed by atoms with E-state index in [1.807, 2.05) is 6.92 Å². The van der Waals surface area contributed by atoms with E-state index in [0.717, 1.165) is 26.7 Å². The minimum absolute atomic E-state index is 0.0105. The van der Waals surface area contributed by atoms with Crippen LogP contribution >= 0.6 is 0 Å². The molecule has 3 atom stereocenters. The van der Waals surface area contributed by atoms with Gasteiger partial charge in [-0.05, 0) is 44.4 Å². The van der Waals surface area contributed by atoms with Gasteiger partial charge in [0.05, 0.1) is 0 Å². The lowest BCUT2D eigenvalue weighted by atomic mass is 9.62. The summed E-state index contributed by atoms with van der Waals surface area (Å²) in [5, 5.41) is 37.3. The van der Waals surface area contributed by atoms with Crippen LogP contribution in [0, 0.1) is 28.6 Å². The van der Waals surface area contributed by atoms with Crippen LogP contribution in [-0.4, -0.2) is 44.3 Å². The largest absolute Gasteiger partial charge is 0.480 e. The Kier molecular flexibility index (Phi) is 6.20. The first-order valence-corrected chi connectivity index (χ1v) is 8.30. The minimum Gasteiger partial charge on any atom is -0.480 e. The average molecular weight is 358 g/mol. The van der Waals surface area contributed by atoms with Crippen molar-refractivity contribution in [1.29, 1.82) is 0 Å². The van der Waals surface area contributed by atoms with Gasteiger partial charge in [0.25, 0.3) is 0 Å². The fraction of sp³-hybridized carbons (Fsp3) is 0.765. The summed E-state index contributed by atoms with van der Waals surface area (Å²) in [6.07, 6.45) is 1.79. The maximum absolute atomic E-state index is 11.5. The first-order valence-electron chi connectivity index (χ1n) is 8.30. The zero-order valence-electron chi connectivity index (χ0n) is 14.7. The lowest BCUT2D eigenvalue weighted by Crippen LogP contribution is -2.44. The Hall–Kier alpha value is -2.12. The predicted molar refractivity (Wildman–Crippen MR) is 86.0 cm³/mol. The maximum Gasteiger partial charge on any atom is 0.320 e. The molecule has 1 rings (SSSR count). The quantitative estimate of drug-likeness (QED) is 0.482. The molecule has 8 nitrogen and oxygen atoms in total. The van der Waals surface area contributed by atoms with Crippen molar-refractivity contribution in [2.45, 2.75) is 52.9 Å². The Labute approximate surface area is 145 Å². The lowest BCUT2D eigenvalue weighted by molar-refractivity contribution is -0.169. The fourth-order valence-corrected chi connectivity index (χ4v) is 3.74. The third-order valence-corrected chi connectivity index (χ3v) is 5.77. The van der Waals surface area contributed by atoms with Crippen molar-refractivity contribution in [2.24, 2.45) is 28.6 Å². The van der Waals surface area contributed by atoms with Gasteiger partial charge in [0.15, 0.2) is 10.8 Å². The predicted octanol–water partition coefficient (Wildman–Crippen LogP) is 2.17. The molecule has 0 bridgehead atoms. The number of rotatable bonds is 8. The molecule has 1 aliphatic rings. The van der Waals surface area contributed by atoms with Crippen LogP contribution < -0.4 is 0 Å². The van der Waals surface area contributed by atoms with E-state index in [1.54, 1.807) is 0 Å². The molecular weight excluding hydrogens is 332 g/mol. The molecule has 0 aromatic carbocycles. The smallest absolute Gasteiger partial charge is 0.320 e. The van der Waals surface area contributed by atoms with Gasteiger partial charge in [-0.2, -0.15) is 0 Å². The van der Waals surface area contributed by atoms with Gasteiger partial charge in [-0.3, -0.25) is 19.2 Å². The van der Waals surface area contributed by atoms with Crippen molar-refractivity contribution in [3.63, 3.8) is 0 Å². The number of carbonyl (C=O) groups is 4. The van der Waals surface area contributed by atoms with Crippen LogP contribution in [0.5, 0.6) is 0 Å². The van der Waals surface area contributed by atoms with Gasteiger partial charge in [-0.15, -0.1) is 0 Å². The highest BCUT2D eigenvalue weighted by atomic mass is 16.4. The van der Waals surface area contributed by atoms with Crippen molar-refractivity contribution >= 4 is 23.9 Å². The highest BCUT2D eigenvalue weighted by Crippen LogP contribution is 2.46. The number of carboxylic acid groups (broad SMARTS) is 4. The molecule has 1 fully saturated rings. The summed E-state index contributed by atoms with van der Waals surface area (Å²) >= 11 is 0. The molecule has 0 heterocycles. The van der Waals surface area contributed by atoms with Gasteiger partial charge >= 0.3 is 23.9 Å². The van der Waals surface area contributed by atoms with E-state index in [0.29, 0.717) is 6.42 Å². The molecule has 1 saturated carbocycles. The number of hydrogen-bond acceptors (Lipinski definition) is 4. The number of aliphatic carboxylic acids is 4. The Bertz CT molecular complexity index is 539. The van der Waals surface area contributed by atoms with Crippen molar-refractivity contribution in [3.8, 4) is 0 Å². The van der Waals surface area contributed by atoms with Crippen molar-refractivity contribution in [2.75, 3.05) is 0 Å². The van der Waals surface area contributed by atoms with E-state index in [2.05, 4.69) is 0 Å². The lowest BCUT2D eigenvalue weighted by Gasteiger charge is -2.41.